The van der Waals surface area contributed by atoms with Crippen molar-refractivity contribution in [2.45, 2.75) is 13.2 Å². The summed E-state index contributed by atoms with van der Waals surface area (Å²) < 4.78 is 5.76. The molecule has 0 aliphatic rings. The van der Waals surface area contributed by atoms with Crippen LogP contribution in [-0.4, -0.2) is 11.1 Å². The van der Waals surface area contributed by atoms with Crippen molar-refractivity contribution in [2.24, 2.45) is 0 Å². The van der Waals surface area contributed by atoms with Gasteiger partial charge in [0.25, 0.3) is 0 Å². The summed E-state index contributed by atoms with van der Waals surface area (Å²) in [5, 5.41) is 13.0. The van der Waals surface area contributed by atoms with Gasteiger partial charge in [0, 0.05) is 17.3 Å². The summed E-state index contributed by atoms with van der Waals surface area (Å²) in [5.41, 5.74) is 3.16. The third-order valence-corrected chi connectivity index (χ3v) is 4.10. The van der Waals surface area contributed by atoms with E-state index in [0.29, 0.717) is 18.2 Å². The number of halogens is 1. The van der Waals surface area contributed by atoms with E-state index in [0.717, 1.165) is 22.6 Å². The summed E-state index contributed by atoms with van der Waals surface area (Å²) >= 11 is 5.87. The summed E-state index contributed by atoms with van der Waals surface area (Å²) in [6.45, 7) is 1.08. The monoisotopic (exact) mass is 367 g/mol. The summed E-state index contributed by atoms with van der Waals surface area (Å²) in [6.07, 6.45) is 0. The number of benzene rings is 3. The first kappa shape index (κ1) is 17.8. The van der Waals surface area contributed by atoms with Crippen LogP contribution < -0.4 is 10.1 Å². The van der Waals surface area contributed by atoms with Crippen LogP contribution in [0.5, 0.6) is 5.75 Å². The Morgan fingerprint density at radius 2 is 1.65 bits per heavy atom. The quantitative estimate of drug-likeness (QED) is 0.600. The predicted molar refractivity (Wildman–Crippen MR) is 103 cm³/mol. The normalized spacial score (nSPS) is 10.3. The molecule has 0 saturated carbocycles. The number of anilines is 1. The third kappa shape index (κ3) is 5.01. The molecule has 0 fully saturated rings. The molecule has 0 aromatic heterocycles. The van der Waals surface area contributed by atoms with Crippen molar-refractivity contribution < 1.29 is 14.6 Å². The van der Waals surface area contributed by atoms with Gasteiger partial charge in [-0.3, -0.25) is 0 Å². The van der Waals surface area contributed by atoms with Crippen molar-refractivity contribution in [3.8, 4) is 5.75 Å². The Kier molecular flexibility index (Phi) is 5.77. The topological polar surface area (TPSA) is 58.6 Å². The molecule has 0 aliphatic heterocycles. The Labute approximate surface area is 157 Å². The lowest BCUT2D eigenvalue weighted by molar-refractivity contribution is 0.0697. The van der Waals surface area contributed by atoms with Gasteiger partial charge in [0.15, 0.2) is 0 Å². The van der Waals surface area contributed by atoms with Gasteiger partial charge in [-0.05, 0) is 53.6 Å². The highest BCUT2D eigenvalue weighted by Crippen LogP contribution is 2.17. The lowest BCUT2D eigenvalue weighted by Crippen LogP contribution is -2.02. The van der Waals surface area contributed by atoms with Crippen LogP contribution >= 0.6 is 11.6 Å². The second-order valence-electron chi connectivity index (χ2n) is 5.80. The molecular formula is C21H18ClNO3. The number of aromatic carboxylic acids is 1. The van der Waals surface area contributed by atoms with Crippen LogP contribution in [0.15, 0.2) is 72.8 Å². The summed E-state index contributed by atoms with van der Waals surface area (Å²) in [4.78, 5) is 11.0. The minimum atomic E-state index is -0.934. The standard InChI is InChI=1S/C21H18ClNO3/c22-18-8-4-16(5-9-18)14-26-20-10-6-15(7-11-20)13-23-19-3-1-2-17(12-19)21(24)25/h1-12,23H,13-14H2,(H,24,25). The molecule has 4 nitrogen and oxygen atoms in total. The lowest BCUT2D eigenvalue weighted by Gasteiger charge is -2.09. The molecule has 0 amide bonds. The zero-order chi connectivity index (χ0) is 18.4. The molecule has 0 spiro atoms. The fourth-order valence-corrected chi connectivity index (χ4v) is 2.54. The fourth-order valence-electron chi connectivity index (χ4n) is 2.42. The number of hydrogen-bond donors (Lipinski definition) is 2. The largest absolute Gasteiger partial charge is 0.489 e. The van der Waals surface area contributed by atoms with Crippen LogP contribution in [0.2, 0.25) is 5.02 Å². The molecule has 5 heteroatoms. The van der Waals surface area contributed by atoms with E-state index in [4.69, 9.17) is 21.4 Å². The number of carboxylic acids is 1. The molecule has 0 aliphatic carbocycles. The van der Waals surface area contributed by atoms with Crippen molar-refractivity contribution in [1.29, 1.82) is 0 Å². The van der Waals surface area contributed by atoms with Gasteiger partial charge in [0.05, 0.1) is 5.56 Å². The average molecular weight is 368 g/mol. The van der Waals surface area contributed by atoms with Gasteiger partial charge in [0.2, 0.25) is 0 Å². The predicted octanol–water partition coefficient (Wildman–Crippen LogP) is 5.23. The first-order chi connectivity index (χ1) is 12.6. The minimum Gasteiger partial charge on any atom is -0.489 e. The van der Waals surface area contributed by atoms with Crippen LogP contribution in [0.1, 0.15) is 21.5 Å². The Hall–Kier alpha value is -2.98. The molecule has 0 bridgehead atoms. The van der Waals surface area contributed by atoms with E-state index in [2.05, 4.69) is 5.32 Å². The smallest absolute Gasteiger partial charge is 0.335 e. The first-order valence-corrected chi connectivity index (χ1v) is 8.51. The third-order valence-electron chi connectivity index (χ3n) is 3.85. The maximum absolute atomic E-state index is 11.0. The number of rotatable bonds is 7. The van der Waals surface area contributed by atoms with Crippen LogP contribution in [0, 0.1) is 0 Å². The summed E-state index contributed by atoms with van der Waals surface area (Å²) in [7, 11) is 0. The van der Waals surface area contributed by atoms with Crippen LogP contribution in [0.4, 0.5) is 5.69 Å². The van der Waals surface area contributed by atoms with E-state index < -0.39 is 5.97 Å². The molecule has 0 radical (unpaired) electrons. The van der Waals surface area contributed by atoms with Gasteiger partial charge in [0.1, 0.15) is 12.4 Å². The van der Waals surface area contributed by atoms with Crippen LogP contribution in [-0.2, 0) is 13.2 Å². The molecule has 0 atom stereocenters. The van der Waals surface area contributed by atoms with Crippen LogP contribution in [0.3, 0.4) is 0 Å². The Morgan fingerprint density at radius 1 is 0.962 bits per heavy atom. The summed E-state index contributed by atoms with van der Waals surface area (Å²) in [5.74, 6) is -0.146. The van der Waals surface area contributed by atoms with E-state index in [1.165, 1.54) is 0 Å². The minimum absolute atomic E-state index is 0.265. The molecule has 26 heavy (non-hydrogen) atoms. The number of hydrogen-bond acceptors (Lipinski definition) is 3. The van der Waals surface area contributed by atoms with Gasteiger partial charge in [-0.1, -0.05) is 41.9 Å². The van der Waals surface area contributed by atoms with Crippen molar-refractivity contribution in [3.05, 3.63) is 94.5 Å². The van der Waals surface area contributed by atoms with Gasteiger partial charge in [-0.2, -0.15) is 0 Å². The molecule has 0 saturated heterocycles. The first-order valence-electron chi connectivity index (χ1n) is 8.13. The zero-order valence-corrected chi connectivity index (χ0v) is 14.7. The van der Waals surface area contributed by atoms with E-state index in [1.807, 2.05) is 54.6 Å². The molecule has 3 aromatic rings. The summed E-state index contributed by atoms with van der Waals surface area (Å²) in [6, 6.07) is 22.1. The van der Waals surface area contributed by atoms with Gasteiger partial charge >= 0.3 is 5.97 Å². The maximum atomic E-state index is 11.0. The van der Waals surface area contributed by atoms with Crippen LogP contribution in [0.25, 0.3) is 0 Å². The van der Waals surface area contributed by atoms with Crippen molar-refractivity contribution in [2.75, 3.05) is 5.32 Å². The number of nitrogens with one attached hydrogen (secondary N) is 1. The fraction of sp³-hybridized carbons (Fsp3) is 0.0952. The SMILES string of the molecule is O=C(O)c1cccc(NCc2ccc(OCc3ccc(Cl)cc3)cc2)c1. The molecule has 0 heterocycles. The second kappa shape index (κ2) is 8.41. The van der Waals surface area contributed by atoms with Crippen molar-refractivity contribution in [1.82, 2.24) is 0 Å². The van der Waals surface area contributed by atoms with Gasteiger partial charge < -0.3 is 15.2 Å². The maximum Gasteiger partial charge on any atom is 0.335 e. The second-order valence-corrected chi connectivity index (χ2v) is 6.24. The number of carboxylic acid groups (broad SMARTS) is 1. The van der Waals surface area contributed by atoms with E-state index in [-0.39, 0.29) is 5.56 Å². The molecule has 2 N–H and O–H groups in total. The van der Waals surface area contributed by atoms with Crippen molar-refractivity contribution >= 4 is 23.3 Å². The van der Waals surface area contributed by atoms with Gasteiger partial charge in [-0.15, -0.1) is 0 Å². The van der Waals surface area contributed by atoms with Crippen molar-refractivity contribution in [3.63, 3.8) is 0 Å². The Balaban J connectivity index is 1.53. The van der Waals surface area contributed by atoms with E-state index >= 15 is 0 Å². The Bertz CT molecular complexity index is 877. The highest BCUT2D eigenvalue weighted by Gasteiger charge is 2.03. The molecule has 0 unspecified atom stereocenters. The lowest BCUT2D eigenvalue weighted by atomic mass is 10.2. The molecule has 132 valence electrons. The zero-order valence-electron chi connectivity index (χ0n) is 14.0. The molecule has 3 rings (SSSR count). The Morgan fingerprint density at radius 3 is 2.35 bits per heavy atom. The highest BCUT2D eigenvalue weighted by atomic mass is 35.5. The van der Waals surface area contributed by atoms with E-state index in [1.54, 1.807) is 18.2 Å². The molecule has 3 aromatic carbocycles. The highest BCUT2D eigenvalue weighted by molar-refractivity contribution is 6.30. The average Bonchev–Trinajstić information content (AvgIpc) is 2.67. The number of ether oxygens (including phenoxy) is 1. The molecular weight excluding hydrogens is 350 g/mol. The number of carbonyl (C=O) groups is 1. The van der Waals surface area contributed by atoms with Gasteiger partial charge in [-0.25, -0.2) is 4.79 Å². The van der Waals surface area contributed by atoms with E-state index in [9.17, 15) is 4.79 Å².